The normalized spacial score (nSPS) is 11.1. The molecule has 0 heterocycles. The Morgan fingerprint density at radius 2 is 1.21 bits per heavy atom. The van der Waals surface area contributed by atoms with Crippen molar-refractivity contribution >= 4 is 23.2 Å². The molecule has 0 radical (unpaired) electrons. The van der Waals surface area contributed by atoms with Gasteiger partial charge < -0.3 is 0 Å². The van der Waals surface area contributed by atoms with E-state index in [4.69, 9.17) is 23.2 Å². The quantitative estimate of drug-likeness (QED) is 0.395. The number of alkyl halides is 2. The van der Waals surface area contributed by atoms with Crippen LogP contribution in [-0.2, 0) is 0 Å². The van der Waals surface area contributed by atoms with E-state index in [0.29, 0.717) is 0 Å². The van der Waals surface area contributed by atoms with Crippen LogP contribution in [0.3, 0.4) is 0 Å². The van der Waals surface area contributed by atoms with Crippen molar-refractivity contribution in [3.05, 3.63) is 33.1 Å². The van der Waals surface area contributed by atoms with Crippen molar-refractivity contribution in [3.8, 4) is 0 Å². The first-order valence-corrected chi connectivity index (χ1v) is 3.93. The van der Waals surface area contributed by atoms with E-state index in [1.54, 1.807) is 0 Å². The fourth-order valence-corrected chi connectivity index (χ4v) is 1.25. The minimum Gasteiger partial charge on any atom is -0.205 e. The Balaban J connectivity index is 3.60. The van der Waals surface area contributed by atoms with E-state index in [1.165, 1.54) is 0 Å². The molecule has 7 heteroatoms. The van der Waals surface area contributed by atoms with Crippen LogP contribution in [0.4, 0.5) is 22.0 Å². The summed E-state index contributed by atoms with van der Waals surface area (Å²) in [6.45, 7) is 0. The van der Waals surface area contributed by atoms with Gasteiger partial charge in [0, 0.05) is 0 Å². The Kier molecular flexibility index (Phi) is 3.21. The maximum atomic E-state index is 12.9. The van der Waals surface area contributed by atoms with Gasteiger partial charge >= 0.3 is 0 Å². The molecule has 0 amide bonds. The van der Waals surface area contributed by atoms with Crippen LogP contribution >= 0.6 is 23.2 Å². The predicted octanol–water partition coefficient (Wildman–Crippen LogP) is 4.35. The minimum absolute atomic E-state index is 1.29. The van der Waals surface area contributed by atoms with Crippen LogP contribution in [0, 0.1) is 17.5 Å². The van der Waals surface area contributed by atoms with E-state index in [1.807, 2.05) is 0 Å². The second-order valence-corrected chi connectivity index (χ2v) is 3.04. The summed E-state index contributed by atoms with van der Waals surface area (Å²) >= 11 is 9.90. The van der Waals surface area contributed by atoms with Gasteiger partial charge in [0.05, 0.1) is 10.6 Å². The van der Waals surface area contributed by atoms with E-state index in [2.05, 4.69) is 0 Å². The molecule has 0 bridgehead atoms. The molecule has 1 aromatic carbocycles. The average Bonchev–Trinajstić information content (AvgIpc) is 2.11. The molecule has 78 valence electrons. The lowest BCUT2D eigenvalue weighted by Gasteiger charge is -2.08. The highest BCUT2D eigenvalue weighted by molar-refractivity contribution is 6.34. The first-order valence-electron chi connectivity index (χ1n) is 3.17. The Morgan fingerprint density at radius 3 is 1.64 bits per heavy atom. The molecule has 0 unspecified atom stereocenters. The minimum atomic E-state index is -3.37. The van der Waals surface area contributed by atoms with Gasteiger partial charge in [-0.25, -0.2) is 22.0 Å². The van der Waals surface area contributed by atoms with Crippen molar-refractivity contribution in [1.82, 2.24) is 0 Å². The second-order valence-electron chi connectivity index (χ2n) is 2.28. The maximum absolute atomic E-state index is 12.9. The molecular weight excluding hydrogens is 250 g/mol. The SMILES string of the molecule is Fc1c(F)c(Cl)c(C(F)F)c(F)c1Cl. The van der Waals surface area contributed by atoms with Gasteiger partial charge in [-0.05, 0) is 0 Å². The van der Waals surface area contributed by atoms with Crippen LogP contribution in [0.1, 0.15) is 12.0 Å². The molecule has 0 N–H and O–H groups in total. The van der Waals surface area contributed by atoms with Crippen LogP contribution in [0.15, 0.2) is 0 Å². The molecule has 14 heavy (non-hydrogen) atoms. The number of hydrogen-bond donors (Lipinski definition) is 0. The molecule has 1 aromatic rings. The lowest BCUT2D eigenvalue weighted by atomic mass is 10.2. The van der Waals surface area contributed by atoms with Crippen molar-refractivity contribution in [2.24, 2.45) is 0 Å². The van der Waals surface area contributed by atoms with Gasteiger partial charge in [0.2, 0.25) is 0 Å². The fourth-order valence-electron chi connectivity index (χ4n) is 0.813. The molecule has 0 saturated heterocycles. The summed E-state index contributed by atoms with van der Waals surface area (Å²) in [5, 5.41) is -2.62. The summed E-state index contributed by atoms with van der Waals surface area (Å²) in [4.78, 5) is 0. The maximum Gasteiger partial charge on any atom is 0.268 e. The van der Waals surface area contributed by atoms with E-state index >= 15 is 0 Å². The molecular formula is C7HCl2F5. The Hall–Kier alpha value is -0.550. The Bertz CT molecular complexity index is 348. The highest BCUT2D eigenvalue weighted by Gasteiger charge is 2.27. The summed E-state index contributed by atoms with van der Waals surface area (Å²) in [6.07, 6.45) is -3.37. The van der Waals surface area contributed by atoms with Gasteiger partial charge in [-0.1, -0.05) is 23.2 Å². The molecule has 0 spiro atoms. The average molecular weight is 251 g/mol. The molecule has 0 saturated carbocycles. The zero-order valence-corrected chi connectivity index (χ0v) is 7.73. The zero-order chi connectivity index (χ0) is 11.0. The number of benzene rings is 1. The van der Waals surface area contributed by atoms with Gasteiger partial charge in [0.1, 0.15) is 5.02 Å². The van der Waals surface area contributed by atoms with Gasteiger partial charge in [-0.15, -0.1) is 0 Å². The third-order valence-electron chi connectivity index (χ3n) is 1.46. The lowest BCUT2D eigenvalue weighted by molar-refractivity contribution is 0.145. The van der Waals surface area contributed by atoms with E-state index in [-0.39, 0.29) is 0 Å². The number of hydrogen-bond acceptors (Lipinski definition) is 0. The van der Waals surface area contributed by atoms with Crippen molar-refractivity contribution in [2.75, 3.05) is 0 Å². The number of rotatable bonds is 1. The standard InChI is InChI=1S/C7HCl2F5/c8-2-1(7(13)14)4(10)3(9)6(12)5(2)11/h7H. The first kappa shape index (κ1) is 11.5. The monoisotopic (exact) mass is 250 g/mol. The lowest BCUT2D eigenvalue weighted by Crippen LogP contribution is -2.00. The zero-order valence-electron chi connectivity index (χ0n) is 6.22. The van der Waals surface area contributed by atoms with Crippen molar-refractivity contribution in [2.45, 2.75) is 6.43 Å². The molecule has 0 aliphatic heterocycles. The molecule has 0 fully saturated rings. The molecule has 0 nitrogen and oxygen atoms in total. The van der Waals surface area contributed by atoms with Crippen molar-refractivity contribution < 1.29 is 22.0 Å². The summed E-state index contributed by atoms with van der Waals surface area (Å²) in [5.74, 6) is -5.31. The second kappa shape index (κ2) is 3.90. The van der Waals surface area contributed by atoms with Crippen molar-refractivity contribution in [3.63, 3.8) is 0 Å². The third-order valence-corrected chi connectivity index (χ3v) is 2.16. The van der Waals surface area contributed by atoms with Crippen LogP contribution in [0.5, 0.6) is 0 Å². The summed E-state index contributed by atoms with van der Waals surface area (Å²) in [7, 11) is 0. The molecule has 0 aromatic heterocycles. The number of halogens is 7. The smallest absolute Gasteiger partial charge is 0.205 e. The molecule has 1 rings (SSSR count). The fraction of sp³-hybridized carbons (Fsp3) is 0.143. The Labute approximate surface area is 85.2 Å². The largest absolute Gasteiger partial charge is 0.268 e. The third kappa shape index (κ3) is 1.66. The van der Waals surface area contributed by atoms with Gasteiger partial charge in [0.15, 0.2) is 17.5 Å². The van der Waals surface area contributed by atoms with E-state index < -0.39 is 39.5 Å². The van der Waals surface area contributed by atoms with Gasteiger partial charge in [0.25, 0.3) is 6.43 Å². The summed E-state index contributed by atoms with van der Waals surface area (Å²) in [5.41, 5.74) is -1.43. The van der Waals surface area contributed by atoms with Gasteiger partial charge in [-0.2, -0.15) is 0 Å². The molecule has 0 atom stereocenters. The van der Waals surface area contributed by atoms with Gasteiger partial charge in [-0.3, -0.25) is 0 Å². The van der Waals surface area contributed by atoms with E-state index in [9.17, 15) is 22.0 Å². The van der Waals surface area contributed by atoms with Crippen molar-refractivity contribution in [1.29, 1.82) is 0 Å². The Morgan fingerprint density at radius 1 is 0.786 bits per heavy atom. The molecule has 0 aliphatic carbocycles. The predicted molar refractivity (Wildman–Crippen MR) is 41.3 cm³/mol. The highest BCUT2D eigenvalue weighted by atomic mass is 35.5. The first-order chi connectivity index (χ1) is 6.37. The van der Waals surface area contributed by atoms with E-state index in [0.717, 1.165) is 0 Å². The van der Waals surface area contributed by atoms with Crippen LogP contribution in [-0.4, -0.2) is 0 Å². The summed E-state index contributed by atoms with van der Waals surface area (Å²) < 4.78 is 62.4. The summed E-state index contributed by atoms with van der Waals surface area (Å²) in [6, 6.07) is 0. The van der Waals surface area contributed by atoms with Crippen LogP contribution < -0.4 is 0 Å². The van der Waals surface area contributed by atoms with Crippen LogP contribution in [0.25, 0.3) is 0 Å². The molecule has 0 aliphatic rings. The van der Waals surface area contributed by atoms with Crippen LogP contribution in [0.2, 0.25) is 10.0 Å². The highest BCUT2D eigenvalue weighted by Crippen LogP contribution is 2.37. The topological polar surface area (TPSA) is 0 Å².